The van der Waals surface area contributed by atoms with Gasteiger partial charge in [-0.15, -0.1) is 0 Å². The van der Waals surface area contributed by atoms with Crippen LogP contribution in [0.3, 0.4) is 0 Å². The summed E-state index contributed by atoms with van der Waals surface area (Å²) in [4.78, 5) is 0. The molecule has 15 heavy (non-hydrogen) atoms. The van der Waals surface area contributed by atoms with E-state index in [1.165, 1.54) is 43.2 Å². The lowest BCUT2D eigenvalue weighted by atomic mass is 9.96. The molecule has 1 aliphatic carbocycles. The Morgan fingerprint density at radius 1 is 1.27 bits per heavy atom. The summed E-state index contributed by atoms with van der Waals surface area (Å²) in [5, 5.41) is 0. The largest absolute Gasteiger partial charge is 0.0808 e. The summed E-state index contributed by atoms with van der Waals surface area (Å²) in [6.45, 7) is 2.27. The lowest BCUT2D eigenvalue weighted by molar-refractivity contribution is 0.522. The van der Waals surface area contributed by atoms with Crippen LogP contribution in [0.4, 0.5) is 0 Å². The van der Waals surface area contributed by atoms with E-state index in [-0.39, 0.29) is 0 Å². The van der Waals surface area contributed by atoms with Crippen molar-refractivity contribution in [3.63, 3.8) is 0 Å². The van der Waals surface area contributed by atoms with Gasteiger partial charge < -0.3 is 0 Å². The summed E-state index contributed by atoms with van der Waals surface area (Å²) in [6.07, 6.45) is 11.4. The van der Waals surface area contributed by atoms with Crippen molar-refractivity contribution in [3.05, 3.63) is 41.5 Å². The van der Waals surface area contributed by atoms with Crippen LogP contribution < -0.4 is 0 Å². The van der Waals surface area contributed by atoms with Crippen LogP contribution in [0.15, 0.2) is 30.3 Å². The summed E-state index contributed by atoms with van der Waals surface area (Å²) < 4.78 is 0. The number of unbranched alkanes of at least 4 members (excludes halogenated alkanes) is 1. The van der Waals surface area contributed by atoms with Crippen molar-refractivity contribution < 1.29 is 0 Å². The highest BCUT2D eigenvalue weighted by Crippen LogP contribution is 2.24. The van der Waals surface area contributed by atoms with Crippen molar-refractivity contribution in [2.75, 3.05) is 0 Å². The summed E-state index contributed by atoms with van der Waals surface area (Å²) in [7, 11) is 0. The Labute approximate surface area is 93.0 Å². The molecule has 1 unspecified atom stereocenters. The van der Waals surface area contributed by atoms with Gasteiger partial charge in [-0.3, -0.25) is 0 Å². The molecule has 0 heteroatoms. The maximum atomic E-state index is 2.42. The van der Waals surface area contributed by atoms with Crippen LogP contribution in [0.2, 0.25) is 0 Å². The minimum absolute atomic E-state index is 0.803. The van der Waals surface area contributed by atoms with Crippen LogP contribution >= 0.6 is 0 Å². The molecule has 1 aliphatic rings. The zero-order valence-electron chi connectivity index (χ0n) is 9.58. The number of hydrogen-bond acceptors (Lipinski definition) is 0. The first-order valence-electron chi connectivity index (χ1n) is 6.16. The second-order valence-electron chi connectivity index (χ2n) is 4.50. The molecule has 2 rings (SSSR count). The summed E-state index contributed by atoms with van der Waals surface area (Å²) in [6, 6.07) is 8.78. The number of fused-ring (bicyclic) bond motifs is 1. The highest BCUT2D eigenvalue weighted by atomic mass is 14.1. The normalized spacial score (nSPS) is 19.7. The summed E-state index contributed by atoms with van der Waals surface area (Å²) >= 11 is 0. The molecule has 0 N–H and O–H groups in total. The third-order valence-corrected chi connectivity index (χ3v) is 3.32. The number of rotatable bonds is 3. The second kappa shape index (κ2) is 5.16. The summed E-state index contributed by atoms with van der Waals surface area (Å²) in [5.74, 6) is 0.803. The van der Waals surface area contributed by atoms with Crippen molar-refractivity contribution in [3.8, 4) is 0 Å². The van der Waals surface area contributed by atoms with Gasteiger partial charge in [-0.1, -0.05) is 56.2 Å². The Kier molecular flexibility index (Phi) is 3.60. The minimum atomic E-state index is 0.803. The van der Waals surface area contributed by atoms with Gasteiger partial charge in [-0.25, -0.2) is 0 Å². The monoisotopic (exact) mass is 200 g/mol. The molecule has 0 saturated heterocycles. The van der Waals surface area contributed by atoms with Crippen molar-refractivity contribution in [2.24, 2.45) is 5.92 Å². The van der Waals surface area contributed by atoms with E-state index in [0.717, 1.165) is 5.92 Å². The first-order valence-corrected chi connectivity index (χ1v) is 6.16. The van der Waals surface area contributed by atoms with Crippen molar-refractivity contribution >= 4 is 6.08 Å². The van der Waals surface area contributed by atoms with Gasteiger partial charge in [0.2, 0.25) is 0 Å². The van der Waals surface area contributed by atoms with Crippen LogP contribution in [0.1, 0.15) is 43.7 Å². The molecular formula is C15H20. The third-order valence-electron chi connectivity index (χ3n) is 3.32. The molecule has 0 amide bonds. The molecule has 1 aromatic carbocycles. The maximum absolute atomic E-state index is 2.42. The molecule has 80 valence electrons. The topological polar surface area (TPSA) is 0 Å². The zero-order valence-corrected chi connectivity index (χ0v) is 9.58. The molecule has 0 bridgehead atoms. The van der Waals surface area contributed by atoms with E-state index < -0.39 is 0 Å². The van der Waals surface area contributed by atoms with E-state index in [4.69, 9.17) is 0 Å². The summed E-state index contributed by atoms with van der Waals surface area (Å²) in [5.41, 5.74) is 2.95. The van der Waals surface area contributed by atoms with Crippen LogP contribution in [-0.2, 0) is 6.42 Å². The van der Waals surface area contributed by atoms with E-state index in [1.54, 1.807) is 0 Å². The van der Waals surface area contributed by atoms with Crippen LogP contribution in [0.25, 0.3) is 6.08 Å². The predicted molar refractivity (Wildman–Crippen MR) is 66.8 cm³/mol. The number of aryl methyl sites for hydroxylation is 1. The van der Waals surface area contributed by atoms with Crippen LogP contribution in [0, 0.1) is 5.92 Å². The molecule has 0 aromatic heterocycles. The average molecular weight is 200 g/mol. The smallest absolute Gasteiger partial charge is 0.0227 e. The lowest BCUT2D eigenvalue weighted by Crippen LogP contribution is -1.97. The van der Waals surface area contributed by atoms with Crippen molar-refractivity contribution in [2.45, 2.75) is 39.0 Å². The fourth-order valence-electron chi connectivity index (χ4n) is 2.31. The van der Waals surface area contributed by atoms with Gasteiger partial charge in [0.1, 0.15) is 0 Å². The fourth-order valence-corrected chi connectivity index (χ4v) is 2.31. The molecule has 1 atom stereocenters. The molecular weight excluding hydrogens is 180 g/mol. The van der Waals surface area contributed by atoms with Gasteiger partial charge in [0, 0.05) is 0 Å². The Balaban J connectivity index is 2.05. The lowest BCUT2D eigenvalue weighted by Gasteiger charge is -2.09. The van der Waals surface area contributed by atoms with Crippen molar-refractivity contribution in [1.82, 2.24) is 0 Å². The van der Waals surface area contributed by atoms with Gasteiger partial charge in [-0.05, 0) is 36.3 Å². The Morgan fingerprint density at radius 2 is 2.13 bits per heavy atom. The quantitative estimate of drug-likeness (QED) is 0.676. The molecule has 0 saturated carbocycles. The van der Waals surface area contributed by atoms with Gasteiger partial charge in [0.05, 0.1) is 0 Å². The number of allylic oxidation sites excluding steroid dienone is 1. The Morgan fingerprint density at radius 3 is 3.00 bits per heavy atom. The minimum Gasteiger partial charge on any atom is -0.0808 e. The molecule has 0 radical (unpaired) electrons. The van der Waals surface area contributed by atoms with E-state index >= 15 is 0 Å². The van der Waals surface area contributed by atoms with E-state index in [9.17, 15) is 0 Å². The fraction of sp³-hybridized carbons (Fsp3) is 0.467. The van der Waals surface area contributed by atoms with Gasteiger partial charge in [0.25, 0.3) is 0 Å². The first-order chi connectivity index (χ1) is 7.40. The Bertz CT molecular complexity index is 336. The first kappa shape index (κ1) is 10.5. The highest BCUT2D eigenvalue weighted by molar-refractivity contribution is 5.55. The Hall–Kier alpha value is -1.04. The SMILES string of the molecule is CCCCC1C=Cc2ccccc2CC1. The maximum Gasteiger partial charge on any atom is -0.0227 e. The predicted octanol–water partition coefficient (Wildman–Crippen LogP) is 4.45. The average Bonchev–Trinajstić information content (AvgIpc) is 2.49. The van der Waals surface area contributed by atoms with Gasteiger partial charge >= 0.3 is 0 Å². The number of hydrogen-bond donors (Lipinski definition) is 0. The molecule has 1 aromatic rings. The van der Waals surface area contributed by atoms with Gasteiger partial charge in [-0.2, -0.15) is 0 Å². The molecule has 0 aliphatic heterocycles. The zero-order chi connectivity index (χ0) is 10.5. The van der Waals surface area contributed by atoms with E-state index in [0.29, 0.717) is 0 Å². The van der Waals surface area contributed by atoms with Crippen LogP contribution in [0.5, 0.6) is 0 Å². The van der Waals surface area contributed by atoms with E-state index in [1.807, 2.05) is 0 Å². The highest BCUT2D eigenvalue weighted by Gasteiger charge is 2.10. The van der Waals surface area contributed by atoms with Crippen molar-refractivity contribution in [1.29, 1.82) is 0 Å². The molecule has 0 fully saturated rings. The molecule has 0 spiro atoms. The van der Waals surface area contributed by atoms with Crippen LogP contribution in [-0.4, -0.2) is 0 Å². The van der Waals surface area contributed by atoms with Gasteiger partial charge in [0.15, 0.2) is 0 Å². The second-order valence-corrected chi connectivity index (χ2v) is 4.50. The third kappa shape index (κ3) is 2.71. The van der Waals surface area contributed by atoms with E-state index in [2.05, 4.69) is 43.3 Å². The molecule has 0 nitrogen and oxygen atoms in total. The molecule has 0 heterocycles. The standard InChI is InChI=1S/C15H20/c1-2-3-6-13-9-11-14-7-4-5-8-15(14)12-10-13/h4-5,7-9,11,13H,2-3,6,10,12H2,1H3. The number of benzene rings is 1.